The molecule has 3 aromatic heterocycles. The molecule has 0 amide bonds. The fourth-order valence-electron chi connectivity index (χ4n) is 2.19. The van der Waals surface area contributed by atoms with E-state index in [1.165, 1.54) is 0 Å². The molecule has 19 heavy (non-hydrogen) atoms. The summed E-state index contributed by atoms with van der Waals surface area (Å²) < 4.78 is 1.78. The molecule has 0 fully saturated rings. The second-order valence-corrected chi connectivity index (χ2v) is 4.57. The zero-order valence-electron chi connectivity index (χ0n) is 10.8. The van der Waals surface area contributed by atoms with Crippen LogP contribution in [0.3, 0.4) is 0 Å². The number of hydrogen-bond acceptors (Lipinski definition) is 3. The number of nitrogens with zero attached hydrogens (tertiary/aromatic N) is 3. The summed E-state index contributed by atoms with van der Waals surface area (Å²) in [6.07, 6.45) is 3.43. The van der Waals surface area contributed by atoms with Gasteiger partial charge >= 0.3 is 0 Å². The lowest BCUT2D eigenvalue weighted by Crippen LogP contribution is -2.08. The van der Waals surface area contributed by atoms with Crippen LogP contribution in [0.2, 0.25) is 0 Å². The van der Waals surface area contributed by atoms with Gasteiger partial charge in [-0.1, -0.05) is 6.07 Å². The zero-order chi connectivity index (χ0) is 13.4. The third kappa shape index (κ3) is 2.01. The van der Waals surface area contributed by atoms with E-state index in [4.69, 9.17) is 0 Å². The van der Waals surface area contributed by atoms with Gasteiger partial charge in [0.1, 0.15) is 17.0 Å². The van der Waals surface area contributed by atoms with Crippen molar-refractivity contribution in [3.8, 4) is 0 Å². The molecule has 0 bridgehead atoms. The molecule has 0 saturated carbocycles. The Bertz CT molecular complexity index is 754. The summed E-state index contributed by atoms with van der Waals surface area (Å²) in [5.74, 6) is -0.106. The Hall–Kier alpha value is -2.49. The largest absolute Gasteiger partial charge is 0.297 e. The number of imidazole rings is 1. The van der Waals surface area contributed by atoms with E-state index in [2.05, 4.69) is 9.97 Å². The lowest BCUT2D eigenvalue weighted by atomic mass is 10.1. The van der Waals surface area contributed by atoms with Crippen molar-refractivity contribution >= 4 is 11.4 Å². The Morgan fingerprint density at radius 2 is 2.05 bits per heavy atom. The molecule has 0 radical (unpaired) electrons. The first-order chi connectivity index (χ1) is 9.15. The Morgan fingerprint density at radius 3 is 2.84 bits per heavy atom. The number of carbonyl (C=O) groups is 1. The van der Waals surface area contributed by atoms with Crippen LogP contribution in [0.15, 0.2) is 42.7 Å². The van der Waals surface area contributed by atoms with E-state index in [-0.39, 0.29) is 5.78 Å². The standard InChI is InChI=1S/C15H13N3O/c1-10-7-11(2)17-12(8-10)15(19)13-9-16-14-5-3-4-6-18(13)14/h3-9H,1-2H3. The van der Waals surface area contributed by atoms with Crippen molar-refractivity contribution in [3.05, 3.63) is 65.4 Å². The maximum absolute atomic E-state index is 12.5. The van der Waals surface area contributed by atoms with E-state index < -0.39 is 0 Å². The van der Waals surface area contributed by atoms with Crippen LogP contribution in [0.1, 0.15) is 27.4 Å². The highest BCUT2D eigenvalue weighted by Crippen LogP contribution is 2.13. The molecule has 94 valence electrons. The minimum atomic E-state index is -0.106. The molecule has 4 nitrogen and oxygen atoms in total. The van der Waals surface area contributed by atoms with Gasteiger partial charge in [0.2, 0.25) is 5.78 Å². The molecule has 0 N–H and O–H groups in total. The average Bonchev–Trinajstić information content (AvgIpc) is 2.80. The van der Waals surface area contributed by atoms with E-state index >= 15 is 0 Å². The van der Waals surface area contributed by atoms with E-state index in [1.54, 1.807) is 16.7 Å². The molecule has 3 heterocycles. The van der Waals surface area contributed by atoms with Crippen LogP contribution in [0, 0.1) is 13.8 Å². The van der Waals surface area contributed by atoms with Gasteiger partial charge in [-0.25, -0.2) is 9.97 Å². The number of aryl methyl sites for hydroxylation is 2. The first kappa shape index (κ1) is 11.6. The molecule has 4 heteroatoms. The lowest BCUT2D eigenvalue weighted by molar-refractivity contribution is 0.102. The molecule has 3 rings (SSSR count). The van der Waals surface area contributed by atoms with Crippen molar-refractivity contribution < 1.29 is 4.79 Å². The summed E-state index contributed by atoms with van der Waals surface area (Å²) in [4.78, 5) is 21.0. The monoisotopic (exact) mass is 251 g/mol. The fourth-order valence-corrected chi connectivity index (χ4v) is 2.19. The highest BCUT2D eigenvalue weighted by atomic mass is 16.1. The Balaban J connectivity index is 2.13. The number of carbonyl (C=O) groups excluding carboxylic acids is 1. The van der Waals surface area contributed by atoms with Crippen LogP contribution in [-0.2, 0) is 0 Å². The molecule has 0 atom stereocenters. The van der Waals surface area contributed by atoms with Gasteiger partial charge in [-0.15, -0.1) is 0 Å². The van der Waals surface area contributed by atoms with Crippen LogP contribution in [-0.4, -0.2) is 20.2 Å². The summed E-state index contributed by atoms with van der Waals surface area (Å²) in [5, 5.41) is 0. The van der Waals surface area contributed by atoms with Gasteiger partial charge < -0.3 is 0 Å². The van der Waals surface area contributed by atoms with Crippen LogP contribution in [0.4, 0.5) is 0 Å². The third-order valence-corrected chi connectivity index (χ3v) is 2.98. The molecule has 0 spiro atoms. The molecular weight excluding hydrogens is 238 g/mol. The number of rotatable bonds is 2. The summed E-state index contributed by atoms with van der Waals surface area (Å²) >= 11 is 0. The SMILES string of the molecule is Cc1cc(C)nc(C(=O)c2cnc3ccccn23)c1. The summed E-state index contributed by atoms with van der Waals surface area (Å²) in [7, 11) is 0. The van der Waals surface area contributed by atoms with Gasteiger partial charge in [-0.3, -0.25) is 9.20 Å². The Kier molecular flexibility index (Phi) is 2.63. The van der Waals surface area contributed by atoms with E-state index in [9.17, 15) is 4.79 Å². The van der Waals surface area contributed by atoms with Gasteiger partial charge in [0.25, 0.3) is 0 Å². The van der Waals surface area contributed by atoms with Crippen molar-refractivity contribution in [1.82, 2.24) is 14.4 Å². The zero-order valence-corrected chi connectivity index (χ0v) is 10.8. The Labute approximate surface area is 110 Å². The normalized spacial score (nSPS) is 10.8. The molecule has 0 aliphatic carbocycles. The number of ketones is 1. The molecule has 0 aromatic carbocycles. The second kappa shape index (κ2) is 4.31. The van der Waals surface area contributed by atoms with Gasteiger partial charge in [0.05, 0.1) is 6.20 Å². The highest BCUT2D eigenvalue weighted by Gasteiger charge is 2.15. The molecule has 0 aliphatic heterocycles. The van der Waals surface area contributed by atoms with E-state index in [0.717, 1.165) is 16.9 Å². The van der Waals surface area contributed by atoms with Crippen molar-refractivity contribution in [2.45, 2.75) is 13.8 Å². The smallest absolute Gasteiger partial charge is 0.229 e. The van der Waals surface area contributed by atoms with Crippen molar-refractivity contribution in [2.75, 3.05) is 0 Å². The third-order valence-electron chi connectivity index (χ3n) is 2.98. The van der Waals surface area contributed by atoms with Crippen LogP contribution in [0.5, 0.6) is 0 Å². The first-order valence-electron chi connectivity index (χ1n) is 6.07. The van der Waals surface area contributed by atoms with Crippen molar-refractivity contribution in [3.63, 3.8) is 0 Å². The second-order valence-electron chi connectivity index (χ2n) is 4.57. The Morgan fingerprint density at radius 1 is 1.21 bits per heavy atom. The predicted molar refractivity (Wildman–Crippen MR) is 72.3 cm³/mol. The van der Waals surface area contributed by atoms with Crippen LogP contribution < -0.4 is 0 Å². The maximum atomic E-state index is 12.5. The van der Waals surface area contributed by atoms with Crippen molar-refractivity contribution in [1.29, 1.82) is 0 Å². The van der Waals surface area contributed by atoms with E-state index in [1.807, 2.05) is 44.3 Å². The quantitative estimate of drug-likeness (QED) is 0.658. The summed E-state index contributed by atoms with van der Waals surface area (Å²) in [5.41, 5.74) is 3.63. The maximum Gasteiger partial charge on any atom is 0.229 e. The van der Waals surface area contributed by atoms with Crippen molar-refractivity contribution in [2.24, 2.45) is 0 Å². The lowest BCUT2D eigenvalue weighted by Gasteiger charge is -2.03. The van der Waals surface area contributed by atoms with Crippen LogP contribution in [0.25, 0.3) is 5.65 Å². The number of hydrogen-bond donors (Lipinski definition) is 0. The average molecular weight is 251 g/mol. The first-order valence-corrected chi connectivity index (χ1v) is 6.07. The number of pyridine rings is 2. The van der Waals surface area contributed by atoms with Crippen LogP contribution >= 0.6 is 0 Å². The van der Waals surface area contributed by atoms with Gasteiger partial charge in [0.15, 0.2) is 0 Å². The fraction of sp³-hybridized carbons (Fsp3) is 0.133. The van der Waals surface area contributed by atoms with Gasteiger partial charge in [-0.05, 0) is 43.7 Å². The molecular formula is C15H13N3O. The van der Waals surface area contributed by atoms with Gasteiger partial charge in [-0.2, -0.15) is 0 Å². The predicted octanol–water partition coefficient (Wildman–Crippen LogP) is 2.58. The van der Waals surface area contributed by atoms with E-state index in [0.29, 0.717) is 11.4 Å². The summed E-state index contributed by atoms with van der Waals surface area (Å²) in [6.45, 7) is 3.85. The topological polar surface area (TPSA) is 47.3 Å². The number of aromatic nitrogens is 3. The van der Waals surface area contributed by atoms with Gasteiger partial charge in [0, 0.05) is 11.9 Å². The molecule has 0 saturated heterocycles. The molecule has 0 unspecified atom stereocenters. The molecule has 3 aromatic rings. The number of fused-ring (bicyclic) bond motifs is 1. The minimum absolute atomic E-state index is 0.106. The highest BCUT2D eigenvalue weighted by molar-refractivity contribution is 6.07. The molecule has 0 aliphatic rings. The summed E-state index contributed by atoms with van der Waals surface area (Å²) in [6, 6.07) is 9.39. The minimum Gasteiger partial charge on any atom is -0.297 e.